The van der Waals surface area contributed by atoms with Crippen LogP contribution in [0, 0.1) is 0 Å². The summed E-state index contributed by atoms with van der Waals surface area (Å²) in [5.41, 5.74) is 0.703. The van der Waals surface area contributed by atoms with Crippen LogP contribution in [-0.2, 0) is 9.59 Å². The number of hydrogen-bond donors (Lipinski definition) is 1. The molecule has 0 fully saturated rings. The lowest BCUT2D eigenvalue weighted by molar-refractivity contribution is -0.137. The fraction of sp³-hybridized carbons (Fsp3) is 0.333. The molecule has 22 heavy (non-hydrogen) atoms. The third kappa shape index (κ3) is 4.14. The average Bonchev–Trinajstić information content (AvgIpc) is 2.50. The highest BCUT2D eigenvalue weighted by molar-refractivity contribution is 6.32. The molecule has 0 saturated heterocycles. The van der Waals surface area contributed by atoms with E-state index in [9.17, 15) is 9.59 Å². The number of hydrogen-bond acceptors (Lipinski definition) is 4. The smallest absolute Gasteiger partial charge is 0.305 e. The van der Waals surface area contributed by atoms with Crippen molar-refractivity contribution in [2.75, 3.05) is 26.8 Å². The average molecular weight is 326 g/mol. The van der Waals surface area contributed by atoms with E-state index in [0.29, 0.717) is 35.3 Å². The van der Waals surface area contributed by atoms with E-state index >= 15 is 0 Å². The first-order valence-corrected chi connectivity index (χ1v) is 7.09. The van der Waals surface area contributed by atoms with Gasteiger partial charge in [0, 0.05) is 19.7 Å². The summed E-state index contributed by atoms with van der Waals surface area (Å²) < 4.78 is 10.9. The largest absolute Gasteiger partial charge is 0.486 e. The lowest BCUT2D eigenvalue weighted by atomic mass is 10.1. The maximum Gasteiger partial charge on any atom is 0.305 e. The van der Waals surface area contributed by atoms with E-state index in [2.05, 4.69) is 0 Å². The minimum Gasteiger partial charge on any atom is -0.486 e. The highest BCUT2D eigenvalue weighted by Crippen LogP contribution is 2.38. The van der Waals surface area contributed by atoms with Gasteiger partial charge in [-0.2, -0.15) is 0 Å². The fourth-order valence-corrected chi connectivity index (χ4v) is 2.17. The van der Waals surface area contributed by atoms with E-state index in [1.54, 1.807) is 25.3 Å². The molecule has 0 spiro atoms. The minimum atomic E-state index is -0.942. The second-order valence-electron chi connectivity index (χ2n) is 4.76. The fourth-order valence-electron chi connectivity index (χ4n) is 1.90. The lowest BCUT2D eigenvalue weighted by Crippen LogP contribution is -2.27. The summed E-state index contributed by atoms with van der Waals surface area (Å²) in [5.74, 6) is -0.172. The third-order valence-electron chi connectivity index (χ3n) is 3.07. The molecule has 0 radical (unpaired) electrons. The second kappa shape index (κ2) is 7.17. The van der Waals surface area contributed by atoms with E-state index < -0.39 is 5.97 Å². The van der Waals surface area contributed by atoms with E-state index in [4.69, 9.17) is 26.2 Å². The Morgan fingerprint density at radius 1 is 1.36 bits per heavy atom. The van der Waals surface area contributed by atoms with Crippen molar-refractivity contribution in [3.05, 3.63) is 28.8 Å². The number of carboxylic acids is 1. The van der Waals surface area contributed by atoms with Gasteiger partial charge in [0.05, 0.1) is 11.4 Å². The number of benzene rings is 1. The van der Waals surface area contributed by atoms with Crippen LogP contribution in [0.1, 0.15) is 12.0 Å². The zero-order chi connectivity index (χ0) is 16.1. The molecule has 1 aromatic carbocycles. The van der Waals surface area contributed by atoms with E-state index in [1.165, 1.54) is 11.0 Å². The van der Waals surface area contributed by atoms with Crippen LogP contribution in [0.4, 0.5) is 0 Å². The van der Waals surface area contributed by atoms with E-state index in [0.717, 1.165) is 0 Å². The van der Waals surface area contributed by atoms with Crippen molar-refractivity contribution >= 4 is 29.6 Å². The predicted molar refractivity (Wildman–Crippen MR) is 81.4 cm³/mol. The Labute approximate surface area is 132 Å². The third-order valence-corrected chi connectivity index (χ3v) is 3.36. The molecule has 7 heteroatoms. The Balaban J connectivity index is 2.05. The van der Waals surface area contributed by atoms with Crippen molar-refractivity contribution in [1.29, 1.82) is 0 Å². The summed E-state index contributed by atoms with van der Waals surface area (Å²) >= 11 is 6.11. The summed E-state index contributed by atoms with van der Waals surface area (Å²) in [7, 11) is 1.55. The number of halogens is 1. The summed E-state index contributed by atoms with van der Waals surface area (Å²) in [4.78, 5) is 23.7. The first-order valence-electron chi connectivity index (χ1n) is 6.71. The van der Waals surface area contributed by atoms with Gasteiger partial charge in [-0.05, 0) is 23.8 Å². The molecule has 118 valence electrons. The Morgan fingerprint density at radius 3 is 2.82 bits per heavy atom. The zero-order valence-electron chi connectivity index (χ0n) is 12.0. The number of nitrogens with zero attached hydrogens (tertiary/aromatic N) is 1. The molecule has 6 nitrogen and oxygen atoms in total. The van der Waals surface area contributed by atoms with Gasteiger partial charge in [0.25, 0.3) is 0 Å². The van der Waals surface area contributed by atoms with E-state index in [-0.39, 0.29) is 18.9 Å². The molecule has 1 aromatic rings. The number of rotatable bonds is 5. The van der Waals surface area contributed by atoms with Crippen molar-refractivity contribution in [2.24, 2.45) is 0 Å². The number of carboxylic acid groups (broad SMARTS) is 1. The number of carbonyl (C=O) groups excluding carboxylic acids is 1. The number of ether oxygens (including phenoxy) is 2. The Kier molecular flexibility index (Phi) is 5.27. The van der Waals surface area contributed by atoms with Gasteiger partial charge >= 0.3 is 5.97 Å². The van der Waals surface area contributed by atoms with Crippen molar-refractivity contribution in [3.8, 4) is 11.5 Å². The lowest BCUT2D eigenvalue weighted by Gasteiger charge is -2.19. The topological polar surface area (TPSA) is 76.1 Å². The van der Waals surface area contributed by atoms with E-state index in [1.807, 2.05) is 0 Å². The molecular weight excluding hydrogens is 310 g/mol. The van der Waals surface area contributed by atoms with Crippen LogP contribution in [0.25, 0.3) is 6.08 Å². The van der Waals surface area contributed by atoms with Crippen molar-refractivity contribution < 1.29 is 24.2 Å². The van der Waals surface area contributed by atoms with Crippen molar-refractivity contribution in [3.63, 3.8) is 0 Å². The van der Waals surface area contributed by atoms with Gasteiger partial charge in [-0.25, -0.2) is 0 Å². The predicted octanol–water partition coefficient (Wildman–Crippen LogP) is 2.06. The van der Waals surface area contributed by atoms with Gasteiger partial charge in [0.15, 0.2) is 11.5 Å². The van der Waals surface area contributed by atoms with Crippen molar-refractivity contribution in [2.45, 2.75) is 6.42 Å². The molecule has 0 bridgehead atoms. The maximum absolute atomic E-state index is 11.9. The molecular formula is C15H16ClNO5. The highest BCUT2D eigenvalue weighted by Gasteiger charge is 2.16. The van der Waals surface area contributed by atoms with Gasteiger partial charge in [-0.3, -0.25) is 9.59 Å². The molecule has 0 atom stereocenters. The Bertz CT molecular complexity index is 614. The van der Waals surface area contributed by atoms with Crippen molar-refractivity contribution in [1.82, 2.24) is 4.90 Å². The minimum absolute atomic E-state index is 0.0913. The van der Waals surface area contributed by atoms with Crippen LogP contribution >= 0.6 is 11.6 Å². The summed E-state index contributed by atoms with van der Waals surface area (Å²) in [6.07, 6.45) is 2.87. The molecule has 0 unspecified atom stereocenters. The quantitative estimate of drug-likeness (QED) is 0.839. The van der Waals surface area contributed by atoms with Gasteiger partial charge < -0.3 is 19.5 Å². The van der Waals surface area contributed by atoms with Crippen LogP contribution < -0.4 is 9.47 Å². The second-order valence-corrected chi connectivity index (χ2v) is 5.17. The molecule has 1 amide bonds. The number of fused-ring (bicyclic) bond motifs is 1. The molecule has 1 aliphatic heterocycles. The SMILES string of the molecule is CN(CCC(=O)O)C(=O)C=Cc1cc(Cl)c2c(c1)OCCO2. The monoisotopic (exact) mass is 325 g/mol. The van der Waals surface area contributed by atoms with Crippen LogP contribution in [0.2, 0.25) is 5.02 Å². The number of likely N-dealkylation sites (N-methyl/N-ethyl adjacent to an activating group) is 1. The Morgan fingerprint density at radius 2 is 2.09 bits per heavy atom. The van der Waals surface area contributed by atoms with Crippen LogP contribution in [0.3, 0.4) is 0 Å². The van der Waals surface area contributed by atoms with Crippen LogP contribution in [0.15, 0.2) is 18.2 Å². The maximum atomic E-state index is 11.9. The van der Waals surface area contributed by atoms with Gasteiger partial charge in [0.1, 0.15) is 13.2 Å². The summed E-state index contributed by atoms with van der Waals surface area (Å²) in [6.45, 7) is 1.06. The first kappa shape index (κ1) is 16.2. The number of amides is 1. The van der Waals surface area contributed by atoms with Crippen LogP contribution in [-0.4, -0.2) is 48.7 Å². The molecule has 0 saturated carbocycles. The first-order chi connectivity index (χ1) is 10.5. The summed E-state index contributed by atoms with van der Waals surface area (Å²) in [6, 6.07) is 3.41. The van der Waals surface area contributed by atoms with Gasteiger partial charge in [0.2, 0.25) is 5.91 Å². The van der Waals surface area contributed by atoms with Crippen LogP contribution in [0.5, 0.6) is 11.5 Å². The molecule has 1 aliphatic rings. The number of carbonyl (C=O) groups is 2. The molecule has 1 heterocycles. The number of aliphatic carboxylic acids is 1. The summed E-state index contributed by atoms with van der Waals surface area (Å²) in [5, 5.41) is 9.02. The zero-order valence-corrected chi connectivity index (χ0v) is 12.8. The molecule has 0 aromatic heterocycles. The molecule has 0 aliphatic carbocycles. The molecule has 2 rings (SSSR count). The molecule has 1 N–H and O–H groups in total. The highest BCUT2D eigenvalue weighted by atomic mass is 35.5. The Hall–Kier alpha value is -2.21. The normalized spacial score (nSPS) is 13.2. The van der Waals surface area contributed by atoms with Gasteiger partial charge in [-0.15, -0.1) is 0 Å². The van der Waals surface area contributed by atoms with Gasteiger partial charge in [-0.1, -0.05) is 11.6 Å². The standard InChI is InChI=1S/C15H16ClNO5/c1-17(5-4-14(19)20)13(18)3-2-10-8-11(16)15-12(9-10)21-6-7-22-15/h2-3,8-9H,4-7H2,1H3,(H,19,20).